The number of nitrogens with one attached hydrogen (secondary N) is 2. The molecule has 0 bridgehead atoms. The van der Waals surface area contributed by atoms with Gasteiger partial charge in [0.1, 0.15) is 18.1 Å². The minimum Gasteiger partial charge on any atom is -0.475 e. The van der Waals surface area contributed by atoms with Gasteiger partial charge in [-0.1, -0.05) is 0 Å². The number of hydrogen-bond acceptors (Lipinski definition) is 9. The second kappa shape index (κ2) is 9.35. The first-order chi connectivity index (χ1) is 17.2. The largest absolute Gasteiger partial charge is 0.475 e. The van der Waals surface area contributed by atoms with Gasteiger partial charge in [0.25, 0.3) is 0 Å². The number of alkyl halides is 3. The number of aliphatic hydroxyl groups is 1. The summed E-state index contributed by atoms with van der Waals surface area (Å²) >= 11 is 0. The van der Waals surface area contributed by atoms with Crippen LogP contribution in [0.15, 0.2) is 37.1 Å². The van der Waals surface area contributed by atoms with Crippen molar-refractivity contribution in [2.24, 2.45) is 0 Å². The molecule has 0 radical (unpaired) electrons. The summed E-state index contributed by atoms with van der Waals surface area (Å²) in [6.07, 6.45) is 2.28. The number of aliphatic hydroxyl groups excluding tert-OH is 1. The Hall–Kier alpha value is -3.78. The Balaban J connectivity index is 1.59. The summed E-state index contributed by atoms with van der Waals surface area (Å²) in [5.74, 6) is 0.843. The second-order valence-corrected chi connectivity index (χ2v) is 8.57. The number of nitrogens with zero attached hydrogens (tertiary/aromatic N) is 7. The topological polar surface area (TPSA) is 129 Å². The van der Waals surface area contributed by atoms with Crippen molar-refractivity contribution in [2.45, 2.75) is 38.1 Å². The van der Waals surface area contributed by atoms with Gasteiger partial charge in [-0.25, -0.2) is 15.0 Å². The van der Waals surface area contributed by atoms with E-state index in [2.05, 4.69) is 35.4 Å². The van der Waals surface area contributed by atoms with E-state index in [0.29, 0.717) is 12.4 Å². The molecule has 5 heterocycles. The fourth-order valence-corrected chi connectivity index (χ4v) is 4.35. The van der Waals surface area contributed by atoms with Crippen molar-refractivity contribution in [1.29, 1.82) is 0 Å². The van der Waals surface area contributed by atoms with Gasteiger partial charge in [0.2, 0.25) is 5.88 Å². The van der Waals surface area contributed by atoms with Crippen LogP contribution in [0.3, 0.4) is 0 Å². The quantitative estimate of drug-likeness (QED) is 0.363. The van der Waals surface area contributed by atoms with Gasteiger partial charge in [-0.3, -0.25) is 9.50 Å². The third kappa shape index (κ3) is 4.56. The van der Waals surface area contributed by atoms with E-state index in [1.54, 1.807) is 12.3 Å². The Kier molecular flexibility index (Phi) is 6.22. The summed E-state index contributed by atoms with van der Waals surface area (Å²) in [5, 5.41) is 19.7. The molecule has 0 aliphatic carbocycles. The molecule has 5 rings (SSSR count). The number of halogens is 3. The standard InChI is InChI=1S/C22H24F3N9O2/c1-12-10-33(13(2)20(30-12)14-6-28-29-7-14)17-5-19(36-4-3-35)32-21(31-17)15-8-27-18-9-26-16(11-34(15)18)22(23,24)25/h5-9,11-13,20,30,35H,3-4,10H2,1-2H3,(H,28,29). The van der Waals surface area contributed by atoms with E-state index in [4.69, 9.17) is 9.72 Å². The van der Waals surface area contributed by atoms with Crippen LogP contribution in [0, 0.1) is 0 Å². The molecule has 0 aromatic carbocycles. The Labute approximate surface area is 203 Å². The molecule has 0 amide bonds. The van der Waals surface area contributed by atoms with Crippen molar-refractivity contribution in [1.82, 2.24) is 39.9 Å². The zero-order chi connectivity index (χ0) is 25.4. The van der Waals surface area contributed by atoms with Crippen LogP contribution in [0.4, 0.5) is 19.0 Å². The van der Waals surface area contributed by atoms with Gasteiger partial charge in [0, 0.05) is 42.7 Å². The molecule has 1 aliphatic heterocycles. The molecule has 3 N–H and O–H groups in total. The van der Waals surface area contributed by atoms with Gasteiger partial charge in [-0.15, -0.1) is 0 Å². The highest BCUT2D eigenvalue weighted by molar-refractivity contribution is 5.60. The number of anilines is 1. The monoisotopic (exact) mass is 503 g/mol. The van der Waals surface area contributed by atoms with E-state index in [9.17, 15) is 18.3 Å². The molecular formula is C22H24F3N9O2. The van der Waals surface area contributed by atoms with Crippen LogP contribution in [0.25, 0.3) is 17.2 Å². The summed E-state index contributed by atoms with van der Waals surface area (Å²) < 4.78 is 46.8. The van der Waals surface area contributed by atoms with Crippen molar-refractivity contribution < 1.29 is 23.0 Å². The van der Waals surface area contributed by atoms with Gasteiger partial charge in [0.05, 0.1) is 31.2 Å². The van der Waals surface area contributed by atoms with Gasteiger partial charge in [-0.2, -0.15) is 23.3 Å². The molecule has 1 aliphatic rings. The van der Waals surface area contributed by atoms with Crippen LogP contribution in [0.1, 0.15) is 31.1 Å². The van der Waals surface area contributed by atoms with Crippen LogP contribution in [-0.4, -0.2) is 71.5 Å². The third-order valence-corrected chi connectivity index (χ3v) is 6.03. The van der Waals surface area contributed by atoms with E-state index < -0.39 is 11.9 Å². The van der Waals surface area contributed by atoms with Crippen LogP contribution < -0.4 is 15.0 Å². The maximum Gasteiger partial charge on any atom is 0.434 e. The Morgan fingerprint density at radius 1 is 1.17 bits per heavy atom. The highest BCUT2D eigenvalue weighted by atomic mass is 19.4. The first kappa shape index (κ1) is 23.9. The Bertz CT molecular complexity index is 1340. The van der Waals surface area contributed by atoms with E-state index in [1.165, 1.54) is 10.6 Å². The van der Waals surface area contributed by atoms with Crippen LogP contribution in [0.2, 0.25) is 0 Å². The highest BCUT2D eigenvalue weighted by Crippen LogP contribution is 2.33. The SMILES string of the molecule is CC1CN(c2cc(OCCO)nc(-c3cnc4cnc(C(F)(F)F)cn34)n2)C(C)C(c2cn[nH]c2)N1. The minimum absolute atomic E-state index is 0.00363. The number of H-pyrrole nitrogens is 1. The normalized spacial score (nSPS) is 20.7. The fraction of sp³-hybridized carbons (Fsp3) is 0.409. The number of rotatable bonds is 6. The lowest BCUT2D eigenvalue weighted by Gasteiger charge is -2.43. The van der Waals surface area contributed by atoms with Crippen molar-refractivity contribution in [3.63, 3.8) is 0 Å². The molecule has 190 valence electrons. The molecule has 11 nitrogen and oxygen atoms in total. The number of imidazole rings is 1. The van der Waals surface area contributed by atoms with E-state index >= 15 is 0 Å². The lowest BCUT2D eigenvalue weighted by molar-refractivity contribution is -0.141. The summed E-state index contributed by atoms with van der Waals surface area (Å²) in [7, 11) is 0. The summed E-state index contributed by atoms with van der Waals surface area (Å²) in [6.45, 7) is 4.47. The molecule has 4 aromatic rings. The van der Waals surface area contributed by atoms with Crippen LogP contribution >= 0.6 is 0 Å². The number of piperazine rings is 1. The van der Waals surface area contributed by atoms with Gasteiger partial charge in [0.15, 0.2) is 17.2 Å². The Morgan fingerprint density at radius 3 is 2.72 bits per heavy atom. The summed E-state index contributed by atoms with van der Waals surface area (Å²) in [4.78, 5) is 18.8. The van der Waals surface area contributed by atoms with Crippen molar-refractivity contribution in [3.8, 4) is 17.4 Å². The molecule has 0 spiro atoms. The first-order valence-corrected chi connectivity index (χ1v) is 11.3. The fourth-order valence-electron chi connectivity index (χ4n) is 4.35. The maximum absolute atomic E-state index is 13.3. The molecule has 4 aromatic heterocycles. The molecule has 1 fully saturated rings. The average molecular weight is 503 g/mol. The predicted octanol–water partition coefficient (Wildman–Crippen LogP) is 2.23. The molecule has 3 unspecified atom stereocenters. The molecule has 1 saturated heterocycles. The smallest absolute Gasteiger partial charge is 0.434 e. The van der Waals surface area contributed by atoms with Crippen molar-refractivity contribution >= 4 is 11.5 Å². The molecule has 36 heavy (non-hydrogen) atoms. The number of aromatic nitrogens is 7. The minimum atomic E-state index is -4.62. The second-order valence-electron chi connectivity index (χ2n) is 8.57. The van der Waals surface area contributed by atoms with E-state index in [-0.39, 0.29) is 54.4 Å². The van der Waals surface area contributed by atoms with Crippen molar-refractivity contribution in [2.75, 3.05) is 24.7 Å². The first-order valence-electron chi connectivity index (χ1n) is 11.3. The van der Waals surface area contributed by atoms with Gasteiger partial charge < -0.3 is 20.1 Å². The highest BCUT2D eigenvalue weighted by Gasteiger charge is 2.35. The summed E-state index contributed by atoms with van der Waals surface area (Å²) in [5.41, 5.74) is 0.388. The molecular weight excluding hydrogens is 479 g/mol. The number of fused-ring (bicyclic) bond motifs is 1. The number of hydrogen-bond donors (Lipinski definition) is 3. The molecule has 3 atom stereocenters. The Morgan fingerprint density at radius 2 is 2.00 bits per heavy atom. The van der Waals surface area contributed by atoms with E-state index in [0.717, 1.165) is 18.0 Å². The van der Waals surface area contributed by atoms with Gasteiger partial charge in [-0.05, 0) is 13.8 Å². The molecule has 0 saturated carbocycles. The predicted molar refractivity (Wildman–Crippen MR) is 122 cm³/mol. The maximum atomic E-state index is 13.3. The zero-order valence-corrected chi connectivity index (χ0v) is 19.4. The zero-order valence-electron chi connectivity index (χ0n) is 19.4. The number of aromatic amines is 1. The lowest BCUT2D eigenvalue weighted by Crippen LogP contribution is -2.56. The van der Waals surface area contributed by atoms with Crippen LogP contribution in [-0.2, 0) is 6.18 Å². The van der Waals surface area contributed by atoms with Crippen LogP contribution in [0.5, 0.6) is 5.88 Å². The van der Waals surface area contributed by atoms with Gasteiger partial charge >= 0.3 is 6.18 Å². The lowest BCUT2D eigenvalue weighted by atomic mass is 9.97. The summed E-state index contributed by atoms with van der Waals surface area (Å²) in [6, 6.07) is 1.64. The van der Waals surface area contributed by atoms with Crippen molar-refractivity contribution in [3.05, 3.63) is 48.3 Å². The number of ether oxygens (including phenoxy) is 1. The van der Waals surface area contributed by atoms with E-state index in [1.807, 2.05) is 20.0 Å². The third-order valence-electron chi connectivity index (χ3n) is 6.03. The average Bonchev–Trinajstić information content (AvgIpc) is 3.53. The molecule has 14 heteroatoms.